The van der Waals surface area contributed by atoms with Crippen molar-refractivity contribution in [3.8, 4) is 0 Å². The van der Waals surface area contributed by atoms with Gasteiger partial charge in [0.2, 0.25) is 11.8 Å². The Morgan fingerprint density at radius 3 is 1.94 bits per heavy atom. The molecule has 184 valence electrons. The predicted octanol–water partition coefficient (Wildman–Crippen LogP) is 2.62. The van der Waals surface area contributed by atoms with Crippen molar-refractivity contribution in [2.75, 3.05) is 19.6 Å². The van der Waals surface area contributed by atoms with Crippen LogP contribution in [0, 0.1) is 5.92 Å². The molecule has 1 saturated heterocycles. The van der Waals surface area contributed by atoms with E-state index < -0.39 is 0 Å². The van der Waals surface area contributed by atoms with Gasteiger partial charge in [-0.05, 0) is 38.5 Å². The van der Waals surface area contributed by atoms with Crippen LogP contribution in [-0.2, 0) is 9.59 Å². The molecule has 1 aliphatic heterocycles. The summed E-state index contributed by atoms with van der Waals surface area (Å²) in [5.41, 5.74) is 1.65. The van der Waals surface area contributed by atoms with E-state index in [0.717, 1.165) is 38.8 Å². The molecular weight excluding hydrogens is 406 g/mol. The zero-order valence-corrected chi connectivity index (χ0v) is 19.7. The van der Waals surface area contributed by atoms with Gasteiger partial charge in [0, 0.05) is 38.1 Å². The number of hydrogen-bond acceptors (Lipinski definition) is 6. The van der Waals surface area contributed by atoms with Crippen LogP contribution in [0.5, 0.6) is 0 Å². The first-order valence-electron chi connectivity index (χ1n) is 13.1. The number of hydroxylamine groups is 1. The Hall–Kier alpha value is -1.22. The molecule has 3 aliphatic rings. The van der Waals surface area contributed by atoms with Crippen molar-refractivity contribution in [3.05, 3.63) is 0 Å². The summed E-state index contributed by atoms with van der Waals surface area (Å²) in [5, 5.41) is 18.9. The molecule has 0 aromatic rings. The number of nitrogens with zero attached hydrogens (tertiary/aromatic N) is 1. The Bertz CT molecular complexity index is 538. The SMILES string of the molecule is O=C(CCCCCCNC(=O)C1CNC(N(C2CCCCC2)C2CCCCC2)NC1)NO. The molecule has 3 rings (SSSR count). The topological polar surface area (TPSA) is 106 Å². The summed E-state index contributed by atoms with van der Waals surface area (Å²) in [5.74, 6) is -0.233. The summed E-state index contributed by atoms with van der Waals surface area (Å²) in [6.45, 7) is 2.15. The van der Waals surface area contributed by atoms with E-state index in [9.17, 15) is 9.59 Å². The van der Waals surface area contributed by atoms with Crippen molar-refractivity contribution in [1.82, 2.24) is 26.3 Å². The Morgan fingerprint density at radius 1 is 0.812 bits per heavy atom. The first kappa shape index (κ1) is 25.4. The summed E-state index contributed by atoms with van der Waals surface area (Å²) in [4.78, 5) is 26.3. The maximum atomic E-state index is 12.6. The molecule has 5 N–H and O–H groups in total. The Balaban J connectivity index is 1.36. The number of unbranched alkanes of at least 4 members (excludes halogenated alkanes) is 3. The first-order chi connectivity index (χ1) is 15.7. The van der Waals surface area contributed by atoms with Crippen molar-refractivity contribution in [2.24, 2.45) is 5.92 Å². The Morgan fingerprint density at radius 2 is 1.38 bits per heavy atom. The molecule has 0 aromatic carbocycles. The summed E-state index contributed by atoms with van der Waals surface area (Å²) in [6, 6.07) is 1.34. The van der Waals surface area contributed by atoms with Gasteiger partial charge in [-0.1, -0.05) is 51.4 Å². The molecule has 2 saturated carbocycles. The zero-order chi connectivity index (χ0) is 22.6. The lowest BCUT2D eigenvalue weighted by atomic mass is 9.88. The van der Waals surface area contributed by atoms with Gasteiger partial charge < -0.3 is 5.32 Å². The van der Waals surface area contributed by atoms with Crippen LogP contribution >= 0.6 is 0 Å². The number of carbonyl (C=O) groups excluding carboxylic acids is 2. The highest BCUT2D eigenvalue weighted by atomic mass is 16.5. The Labute approximate surface area is 193 Å². The maximum absolute atomic E-state index is 12.6. The molecule has 2 aliphatic carbocycles. The molecule has 3 fully saturated rings. The fraction of sp³-hybridized carbons (Fsp3) is 0.917. The first-order valence-corrected chi connectivity index (χ1v) is 13.1. The van der Waals surface area contributed by atoms with Crippen LogP contribution < -0.4 is 21.4 Å². The molecular formula is C24H45N5O3. The summed E-state index contributed by atoms with van der Waals surface area (Å²) in [6.07, 6.45) is 17.5. The summed E-state index contributed by atoms with van der Waals surface area (Å²) < 4.78 is 0. The Kier molecular flexibility index (Phi) is 11.2. The zero-order valence-electron chi connectivity index (χ0n) is 19.7. The van der Waals surface area contributed by atoms with Crippen LogP contribution in [-0.4, -0.2) is 59.9 Å². The van der Waals surface area contributed by atoms with Gasteiger partial charge in [0.25, 0.3) is 0 Å². The second kappa shape index (κ2) is 14.1. The van der Waals surface area contributed by atoms with Gasteiger partial charge in [-0.15, -0.1) is 0 Å². The summed E-state index contributed by atoms with van der Waals surface area (Å²) >= 11 is 0. The van der Waals surface area contributed by atoms with Gasteiger partial charge >= 0.3 is 0 Å². The van der Waals surface area contributed by atoms with E-state index in [1.807, 2.05) is 0 Å². The summed E-state index contributed by atoms with van der Waals surface area (Å²) in [7, 11) is 0. The fourth-order valence-electron chi connectivity index (χ4n) is 5.70. The molecule has 1 heterocycles. The van der Waals surface area contributed by atoms with E-state index in [2.05, 4.69) is 20.9 Å². The third kappa shape index (κ3) is 7.97. The van der Waals surface area contributed by atoms with E-state index >= 15 is 0 Å². The second-order valence-electron chi connectivity index (χ2n) is 9.94. The molecule has 0 aromatic heterocycles. The lowest BCUT2D eigenvalue weighted by Gasteiger charge is -2.48. The van der Waals surface area contributed by atoms with Gasteiger partial charge in [0.05, 0.1) is 5.92 Å². The van der Waals surface area contributed by atoms with Crippen LogP contribution in [0.2, 0.25) is 0 Å². The largest absolute Gasteiger partial charge is 0.356 e. The van der Waals surface area contributed by atoms with Crippen LogP contribution in [0.1, 0.15) is 96.3 Å². The van der Waals surface area contributed by atoms with E-state index in [-0.39, 0.29) is 24.0 Å². The van der Waals surface area contributed by atoms with Crippen LogP contribution in [0.25, 0.3) is 0 Å². The average molecular weight is 452 g/mol. The lowest BCUT2D eigenvalue weighted by Crippen LogP contribution is -2.67. The van der Waals surface area contributed by atoms with Crippen LogP contribution in [0.15, 0.2) is 0 Å². The highest BCUT2D eigenvalue weighted by Crippen LogP contribution is 2.31. The van der Waals surface area contributed by atoms with E-state index in [0.29, 0.717) is 25.0 Å². The predicted molar refractivity (Wildman–Crippen MR) is 125 cm³/mol. The number of hydrogen-bond donors (Lipinski definition) is 5. The van der Waals surface area contributed by atoms with Crippen LogP contribution in [0.3, 0.4) is 0 Å². The molecule has 0 atom stereocenters. The van der Waals surface area contributed by atoms with Crippen molar-refractivity contribution in [1.29, 1.82) is 0 Å². The monoisotopic (exact) mass is 451 g/mol. The number of nitrogens with one attached hydrogen (secondary N) is 4. The number of rotatable bonds is 11. The van der Waals surface area contributed by atoms with Crippen molar-refractivity contribution >= 4 is 11.8 Å². The van der Waals surface area contributed by atoms with E-state index in [1.165, 1.54) is 64.2 Å². The molecule has 0 bridgehead atoms. The molecule has 0 unspecified atom stereocenters. The van der Waals surface area contributed by atoms with Gasteiger partial charge in [-0.3, -0.25) is 30.3 Å². The highest BCUT2D eigenvalue weighted by molar-refractivity contribution is 5.79. The average Bonchev–Trinajstić information content (AvgIpc) is 2.85. The van der Waals surface area contributed by atoms with Gasteiger partial charge in [0.15, 0.2) is 0 Å². The minimum atomic E-state index is -0.334. The highest BCUT2D eigenvalue weighted by Gasteiger charge is 2.36. The van der Waals surface area contributed by atoms with Crippen LogP contribution in [0.4, 0.5) is 0 Å². The number of carbonyl (C=O) groups is 2. The molecule has 8 heteroatoms. The molecule has 32 heavy (non-hydrogen) atoms. The van der Waals surface area contributed by atoms with E-state index in [4.69, 9.17) is 5.21 Å². The second-order valence-corrected chi connectivity index (χ2v) is 9.94. The fourth-order valence-corrected chi connectivity index (χ4v) is 5.70. The van der Waals surface area contributed by atoms with Crippen molar-refractivity contribution in [3.63, 3.8) is 0 Å². The minimum absolute atomic E-state index is 0.0286. The lowest BCUT2D eigenvalue weighted by molar-refractivity contribution is -0.129. The maximum Gasteiger partial charge on any atom is 0.243 e. The standard InChI is InChI=1S/C24H45N5O3/c30-22(28-32)15-9-1-2-10-16-25-23(31)19-17-26-24(27-18-19)29(20-11-5-3-6-12-20)21-13-7-4-8-14-21/h19-21,24,26-27,32H,1-18H2,(H,25,31)(H,28,30). The molecule has 0 radical (unpaired) electrons. The van der Waals surface area contributed by atoms with Gasteiger partial charge in [0.1, 0.15) is 6.29 Å². The van der Waals surface area contributed by atoms with Crippen molar-refractivity contribution < 1.29 is 14.8 Å². The number of amides is 2. The third-order valence-corrected chi connectivity index (χ3v) is 7.53. The molecule has 0 spiro atoms. The quantitative estimate of drug-likeness (QED) is 0.188. The minimum Gasteiger partial charge on any atom is -0.356 e. The smallest absolute Gasteiger partial charge is 0.243 e. The normalized spacial score (nSPS) is 25.6. The van der Waals surface area contributed by atoms with Crippen molar-refractivity contribution in [2.45, 2.75) is 115 Å². The third-order valence-electron chi connectivity index (χ3n) is 7.53. The molecule has 8 nitrogen and oxygen atoms in total. The molecule has 2 amide bonds. The van der Waals surface area contributed by atoms with Gasteiger partial charge in [-0.25, -0.2) is 5.48 Å². The van der Waals surface area contributed by atoms with Gasteiger partial charge in [-0.2, -0.15) is 0 Å². The van der Waals surface area contributed by atoms with E-state index in [1.54, 1.807) is 5.48 Å².